The molecule has 0 fully saturated rings. The van der Waals surface area contributed by atoms with Crippen molar-refractivity contribution >= 4 is 27.9 Å². The van der Waals surface area contributed by atoms with Gasteiger partial charge in [0.05, 0.1) is 12.2 Å². The first-order valence-corrected chi connectivity index (χ1v) is 11.1. The quantitative estimate of drug-likeness (QED) is 0.282. The second kappa shape index (κ2) is 9.43. The van der Waals surface area contributed by atoms with E-state index in [2.05, 4.69) is 15.0 Å². The van der Waals surface area contributed by atoms with Crippen LogP contribution in [0.1, 0.15) is 39.0 Å². The molecule has 0 spiro atoms. The molecule has 0 saturated heterocycles. The molecule has 36 heavy (non-hydrogen) atoms. The predicted molar refractivity (Wildman–Crippen MR) is 128 cm³/mol. The summed E-state index contributed by atoms with van der Waals surface area (Å²) in [5.74, 6) is -0.620. The van der Waals surface area contributed by atoms with E-state index in [0.29, 0.717) is 28.1 Å². The highest BCUT2D eigenvalue weighted by atomic mass is 19.4. The number of ether oxygens (including phenoxy) is 1. The zero-order valence-electron chi connectivity index (χ0n) is 18.8. The largest absolute Gasteiger partial charge is 0.478 e. The molecule has 2 N–H and O–H groups in total. The molecule has 5 rings (SSSR count). The van der Waals surface area contributed by atoms with E-state index in [0.717, 1.165) is 10.8 Å². The fourth-order valence-corrected chi connectivity index (χ4v) is 4.12. The molecular weight excluding hydrogens is 471 g/mol. The molecule has 2 heterocycles. The summed E-state index contributed by atoms with van der Waals surface area (Å²) in [5.41, 5.74) is 2.54. The van der Waals surface area contributed by atoms with Gasteiger partial charge in [-0.2, -0.15) is 13.2 Å². The number of H-pyrrole nitrogens is 1. The van der Waals surface area contributed by atoms with E-state index in [-0.39, 0.29) is 24.2 Å². The van der Waals surface area contributed by atoms with Crippen LogP contribution in [-0.4, -0.2) is 32.2 Å². The van der Waals surface area contributed by atoms with Gasteiger partial charge in [-0.1, -0.05) is 60.7 Å². The minimum atomic E-state index is -4.58. The van der Waals surface area contributed by atoms with Crippen LogP contribution >= 0.6 is 0 Å². The molecule has 9 heteroatoms. The Labute approximate surface area is 203 Å². The second-order valence-electron chi connectivity index (χ2n) is 8.38. The highest BCUT2D eigenvalue weighted by Gasteiger charge is 2.42. The molecule has 1 unspecified atom stereocenters. The number of carbonyl (C=O) groups is 1. The average Bonchev–Trinajstić information content (AvgIpc) is 3.21. The van der Waals surface area contributed by atoms with Crippen LogP contribution in [0.25, 0.3) is 21.9 Å². The van der Waals surface area contributed by atoms with Crippen molar-refractivity contribution in [1.82, 2.24) is 15.0 Å². The van der Waals surface area contributed by atoms with Gasteiger partial charge in [0.1, 0.15) is 11.5 Å². The van der Waals surface area contributed by atoms with Crippen molar-refractivity contribution in [1.29, 1.82) is 0 Å². The third-order valence-electron chi connectivity index (χ3n) is 5.82. The third kappa shape index (κ3) is 4.92. The second-order valence-corrected chi connectivity index (χ2v) is 8.38. The number of hydrogen-bond acceptors (Lipinski definition) is 4. The summed E-state index contributed by atoms with van der Waals surface area (Å²) < 4.78 is 46.8. The van der Waals surface area contributed by atoms with E-state index in [1.54, 1.807) is 54.7 Å². The topological polar surface area (TPSA) is 88.1 Å². The van der Waals surface area contributed by atoms with Gasteiger partial charge in [0.2, 0.25) is 0 Å². The summed E-state index contributed by atoms with van der Waals surface area (Å²) in [4.78, 5) is 23.2. The number of nitrogens with one attached hydrogen (secondary N) is 1. The van der Waals surface area contributed by atoms with Crippen molar-refractivity contribution in [3.63, 3.8) is 0 Å². The van der Waals surface area contributed by atoms with Crippen molar-refractivity contribution < 1.29 is 27.8 Å². The van der Waals surface area contributed by atoms with Crippen LogP contribution in [0.5, 0.6) is 0 Å². The van der Waals surface area contributed by atoms with Crippen molar-refractivity contribution in [2.45, 2.75) is 25.3 Å². The van der Waals surface area contributed by atoms with Crippen LogP contribution in [-0.2, 0) is 17.8 Å². The number of hydrogen-bond donors (Lipinski definition) is 2. The van der Waals surface area contributed by atoms with Crippen LogP contribution in [0.2, 0.25) is 0 Å². The van der Waals surface area contributed by atoms with Gasteiger partial charge in [-0.3, -0.25) is 0 Å². The summed E-state index contributed by atoms with van der Waals surface area (Å²) in [6.07, 6.45) is -4.81. The lowest BCUT2D eigenvalue weighted by atomic mass is 10.0. The van der Waals surface area contributed by atoms with Gasteiger partial charge in [0, 0.05) is 28.9 Å². The van der Waals surface area contributed by atoms with Gasteiger partial charge in [-0.05, 0) is 28.8 Å². The number of aromatic nitrogens is 3. The number of fused-ring (bicyclic) bond motifs is 3. The number of aromatic carboxylic acids is 1. The highest BCUT2D eigenvalue weighted by Crippen LogP contribution is 2.37. The number of carboxylic acid groups (broad SMARTS) is 1. The summed E-state index contributed by atoms with van der Waals surface area (Å²) in [6.45, 7) is -0.168. The van der Waals surface area contributed by atoms with Crippen LogP contribution in [0.4, 0.5) is 13.2 Å². The van der Waals surface area contributed by atoms with E-state index >= 15 is 0 Å². The number of halogens is 3. The maximum absolute atomic E-state index is 13.8. The van der Waals surface area contributed by atoms with Crippen molar-refractivity contribution in [2.24, 2.45) is 0 Å². The van der Waals surface area contributed by atoms with Gasteiger partial charge in [-0.25, -0.2) is 14.8 Å². The molecule has 2 aromatic heterocycles. The molecule has 3 aromatic carbocycles. The smallest absolute Gasteiger partial charge is 0.418 e. The molecule has 0 radical (unpaired) electrons. The van der Waals surface area contributed by atoms with E-state index in [4.69, 9.17) is 4.74 Å². The van der Waals surface area contributed by atoms with E-state index in [1.165, 1.54) is 24.3 Å². The Morgan fingerprint density at radius 2 is 1.75 bits per heavy atom. The Bertz CT molecular complexity index is 1550. The fourth-order valence-electron chi connectivity index (χ4n) is 4.12. The van der Waals surface area contributed by atoms with E-state index in [1.807, 2.05) is 0 Å². The molecular formula is C27H20F3N3O3. The molecule has 6 nitrogen and oxygen atoms in total. The summed E-state index contributed by atoms with van der Waals surface area (Å²) in [7, 11) is 0. The number of alkyl halides is 3. The number of carboxylic acids is 1. The highest BCUT2D eigenvalue weighted by molar-refractivity contribution is 6.07. The first kappa shape index (κ1) is 23.5. The lowest BCUT2D eigenvalue weighted by Crippen LogP contribution is -2.23. The summed E-state index contributed by atoms with van der Waals surface area (Å²) in [5, 5.41) is 10.7. The number of rotatable bonds is 7. The first-order chi connectivity index (χ1) is 17.3. The molecule has 5 aromatic rings. The standard InChI is InChI=1S/C27H20F3N3O3/c28-27(29,30)24(36-15-16-5-2-1-3-6-16)18-8-4-7-17(11-18)12-23-31-14-21-20-10-9-19(26(34)35)13-22(20)32-25(21)33-23/h1-11,13-14,24H,12,15H2,(H,34,35)(H,31,32,33). The Kier molecular flexibility index (Phi) is 6.15. The van der Waals surface area contributed by atoms with Crippen LogP contribution < -0.4 is 0 Å². The molecule has 0 aliphatic rings. The maximum atomic E-state index is 13.8. The van der Waals surface area contributed by atoms with Gasteiger partial charge in [0.15, 0.2) is 6.10 Å². The molecule has 0 aliphatic carbocycles. The lowest BCUT2D eigenvalue weighted by Gasteiger charge is -2.22. The molecule has 0 amide bonds. The monoisotopic (exact) mass is 491 g/mol. The van der Waals surface area contributed by atoms with Gasteiger partial charge >= 0.3 is 12.1 Å². The first-order valence-electron chi connectivity index (χ1n) is 11.1. The maximum Gasteiger partial charge on any atom is 0.418 e. The Morgan fingerprint density at radius 3 is 2.50 bits per heavy atom. The Hall–Kier alpha value is -4.24. The minimum Gasteiger partial charge on any atom is -0.478 e. The number of nitrogens with zero attached hydrogens (tertiary/aromatic N) is 2. The lowest BCUT2D eigenvalue weighted by molar-refractivity contribution is -0.227. The molecule has 182 valence electrons. The molecule has 0 aliphatic heterocycles. The van der Waals surface area contributed by atoms with Crippen molar-refractivity contribution in [3.05, 3.63) is 107 Å². The van der Waals surface area contributed by atoms with Crippen LogP contribution in [0, 0.1) is 0 Å². The molecule has 0 bridgehead atoms. The van der Waals surface area contributed by atoms with E-state index < -0.39 is 18.2 Å². The summed E-state index contributed by atoms with van der Waals surface area (Å²) >= 11 is 0. The summed E-state index contributed by atoms with van der Waals surface area (Å²) in [6, 6.07) is 19.6. The van der Waals surface area contributed by atoms with E-state index in [9.17, 15) is 23.1 Å². The molecule has 1 atom stereocenters. The van der Waals surface area contributed by atoms with Crippen LogP contribution in [0.15, 0.2) is 79.0 Å². The molecule has 0 saturated carbocycles. The number of benzene rings is 3. The average molecular weight is 491 g/mol. The zero-order chi connectivity index (χ0) is 25.3. The SMILES string of the molecule is O=C(O)c1ccc2c(c1)[nH]c1nc(Cc3cccc(C(OCc4ccccc4)C(F)(F)F)c3)ncc12. The minimum absolute atomic E-state index is 0.00354. The zero-order valence-corrected chi connectivity index (χ0v) is 18.8. The predicted octanol–water partition coefficient (Wildman–Crippen LogP) is 6.22. The van der Waals surface area contributed by atoms with Gasteiger partial charge in [-0.15, -0.1) is 0 Å². The van der Waals surface area contributed by atoms with Crippen LogP contribution in [0.3, 0.4) is 0 Å². The fraction of sp³-hybridized carbons (Fsp3) is 0.148. The van der Waals surface area contributed by atoms with Gasteiger partial charge < -0.3 is 14.8 Å². The normalized spacial score (nSPS) is 12.8. The number of aromatic amines is 1. The van der Waals surface area contributed by atoms with Crippen molar-refractivity contribution in [2.75, 3.05) is 0 Å². The van der Waals surface area contributed by atoms with Gasteiger partial charge in [0.25, 0.3) is 0 Å². The van der Waals surface area contributed by atoms with Crippen molar-refractivity contribution in [3.8, 4) is 0 Å². The Balaban J connectivity index is 1.40. The Morgan fingerprint density at radius 1 is 0.972 bits per heavy atom. The third-order valence-corrected chi connectivity index (χ3v) is 5.82.